The molecule has 2 aliphatic heterocycles. The molecule has 2 aliphatic rings. The monoisotopic (exact) mass is 388 g/mol. The van der Waals surface area contributed by atoms with Gasteiger partial charge in [0, 0.05) is 36.9 Å². The van der Waals surface area contributed by atoms with E-state index in [-0.39, 0.29) is 17.4 Å². The molecule has 0 aromatic heterocycles. The fourth-order valence-corrected chi connectivity index (χ4v) is 4.78. The molecule has 1 unspecified atom stereocenters. The second-order valence-corrected chi connectivity index (χ2v) is 8.96. The summed E-state index contributed by atoms with van der Waals surface area (Å²) >= 11 is 5.81. The molecule has 2 heterocycles. The number of benzene rings is 1. The molecular weight excluding hydrogens is 356 g/mol. The van der Waals surface area contributed by atoms with Crippen LogP contribution in [0.2, 0.25) is 0 Å². The lowest BCUT2D eigenvalue weighted by Gasteiger charge is -2.45. The number of fused-ring (bicyclic) bond motifs is 1. The molecule has 1 fully saturated rings. The third-order valence-corrected chi connectivity index (χ3v) is 6.78. The Bertz CT molecular complexity index is 723. The number of carbonyl (C=O) groups excluding carboxylic acids is 1. The van der Waals surface area contributed by atoms with Gasteiger partial charge in [-0.1, -0.05) is 19.1 Å². The predicted molar refractivity (Wildman–Crippen MR) is 115 cm³/mol. The maximum Gasteiger partial charge on any atom is 0.309 e. The van der Waals surface area contributed by atoms with Gasteiger partial charge in [0.05, 0.1) is 12.5 Å². The lowest BCUT2D eigenvalue weighted by Crippen LogP contribution is -2.45. The Morgan fingerprint density at radius 2 is 1.96 bits per heavy atom. The summed E-state index contributed by atoms with van der Waals surface area (Å²) in [6.07, 6.45) is 2.77. The molecule has 1 atom stereocenters. The van der Waals surface area contributed by atoms with Crippen LogP contribution in [-0.2, 0) is 9.53 Å². The third kappa shape index (κ3) is 3.98. The molecule has 0 bridgehead atoms. The lowest BCUT2D eigenvalue weighted by atomic mass is 9.80. The number of ether oxygens (including phenoxy) is 1. The molecule has 1 aromatic carbocycles. The number of esters is 1. The van der Waals surface area contributed by atoms with Crippen molar-refractivity contribution in [2.75, 3.05) is 31.6 Å². The molecule has 0 amide bonds. The SMILES string of the molecule is CCOC(=O)C1CCN(C(=S)c2ccc3c(c2)C(C)CC(C)(C)N3C)CC1. The number of hydrogen-bond acceptors (Lipinski definition) is 4. The first-order valence-electron chi connectivity index (χ1n) is 10.1. The van der Waals surface area contributed by atoms with Crippen LogP contribution in [0, 0.1) is 5.92 Å². The fourth-order valence-electron chi connectivity index (χ4n) is 4.47. The van der Waals surface area contributed by atoms with Gasteiger partial charge in [-0.3, -0.25) is 4.79 Å². The minimum absolute atomic E-state index is 0.0171. The van der Waals surface area contributed by atoms with E-state index in [2.05, 4.69) is 55.8 Å². The molecule has 1 aromatic rings. The molecule has 3 rings (SSSR count). The summed E-state index contributed by atoms with van der Waals surface area (Å²) < 4.78 is 5.17. The summed E-state index contributed by atoms with van der Waals surface area (Å²) in [5.41, 5.74) is 3.99. The number of piperidine rings is 1. The van der Waals surface area contributed by atoms with E-state index in [1.54, 1.807) is 0 Å². The van der Waals surface area contributed by atoms with Gasteiger partial charge in [-0.15, -0.1) is 0 Å². The largest absolute Gasteiger partial charge is 0.466 e. The van der Waals surface area contributed by atoms with Crippen LogP contribution in [0.25, 0.3) is 0 Å². The van der Waals surface area contributed by atoms with E-state index in [1.807, 2.05) is 6.92 Å². The summed E-state index contributed by atoms with van der Waals surface area (Å²) in [5.74, 6) is 0.475. The second kappa shape index (κ2) is 7.78. The topological polar surface area (TPSA) is 32.8 Å². The van der Waals surface area contributed by atoms with E-state index in [0.717, 1.165) is 42.9 Å². The van der Waals surface area contributed by atoms with E-state index in [0.29, 0.717) is 12.5 Å². The maximum absolute atomic E-state index is 11.9. The highest BCUT2D eigenvalue weighted by Gasteiger charge is 2.34. The highest BCUT2D eigenvalue weighted by Crippen LogP contribution is 2.42. The third-order valence-electron chi connectivity index (χ3n) is 6.28. The standard InChI is InChI=1S/C22H32N2O2S/c1-6-26-21(25)16-9-11-24(12-10-16)20(27)17-7-8-19-18(13-17)15(2)14-22(3,4)23(19)5/h7-8,13,15-16H,6,9-12,14H2,1-5H3. The average Bonchev–Trinajstić information content (AvgIpc) is 2.65. The molecule has 0 aliphatic carbocycles. The van der Waals surface area contributed by atoms with E-state index in [4.69, 9.17) is 17.0 Å². The predicted octanol–water partition coefficient (Wildman–Crippen LogP) is 4.36. The number of hydrogen-bond donors (Lipinski definition) is 0. The maximum atomic E-state index is 11.9. The fraction of sp³-hybridized carbons (Fsp3) is 0.636. The summed E-state index contributed by atoms with van der Waals surface area (Å²) in [4.78, 5) is 17.5. The summed E-state index contributed by atoms with van der Waals surface area (Å²) in [7, 11) is 2.18. The molecule has 0 saturated carbocycles. The number of anilines is 1. The first kappa shape index (κ1) is 20.1. The molecule has 148 valence electrons. The Kier molecular flexibility index (Phi) is 5.80. The van der Waals surface area contributed by atoms with Crippen LogP contribution >= 0.6 is 12.2 Å². The van der Waals surface area contributed by atoms with Crippen LogP contribution in [0.5, 0.6) is 0 Å². The number of nitrogens with zero attached hydrogens (tertiary/aromatic N) is 2. The van der Waals surface area contributed by atoms with Crippen molar-refractivity contribution in [1.29, 1.82) is 0 Å². The van der Waals surface area contributed by atoms with Crippen molar-refractivity contribution < 1.29 is 9.53 Å². The van der Waals surface area contributed by atoms with Crippen LogP contribution in [0.4, 0.5) is 5.69 Å². The number of likely N-dealkylation sites (tertiary alicyclic amines) is 1. The summed E-state index contributed by atoms with van der Waals surface area (Å²) in [5, 5.41) is 0. The molecule has 4 nitrogen and oxygen atoms in total. The van der Waals surface area contributed by atoms with Gasteiger partial charge >= 0.3 is 5.97 Å². The first-order chi connectivity index (χ1) is 12.7. The number of thiocarbonyl (C=S) groups is 1. The quantitative estimate of drug-likeness (QED) is 0.567. The van der Waals surface area contributed by atoms with E-state index in [9.17, 15) is 4.79 Å². The Morgan fingerprint density at radius 1 is 1.30 bits per heavy atom. The van der Waals surface area contributed by atoms with Crippen molar-refractivity contribution in [2.45, 2.75) is 58.4 Å². The average molecular weight is 389 g/mol. The van der Waals surface area contributed by atoms with Crippen molar-refractivity contribution >= 4 is 28.9 Å². The zero-order valence-corrected chi connectivity index (χ0v) is 18.1. The van der Waals surface area contributed by atoms with Crippen molar-refractivity contribution in [1.82, 2.24) is 4.90 Å². The smallest absolute Gasteiger partial charge is 0.309 e. The Labute approximate surface area is 168 Å². The molecular formula is C22H32N2O2S. The molecule has 0 N–H and O–H groups in total. The Hall–Kier alpha value is -1.62. The van der Waals surface area contributed by atoms with Crippen LogP contribution in [0.15, 0.2) is 18.2 Å². The zero-order valence-electron chi connectivity index (χ0n) is 17.2. The van der Waals surface area contributed by atoms with Crippen molar-refractivity contribution in [3.63, 3.8) is 0 Å². The molecule has 0 spiro atoms. The molecule has 1 saturated heterocycles. The van der Waals surface area contributed by atoms with Gasteiger partial charge in [0.1, 0.15) is 4.99 Å². The minimum Gasteiger partial charge on any atom is -0.466 e. The zero-order chi connectivity index (χ0) is 19.8. The Morgan fingerprint density at radius 3 is 2.59 bits per heavy atom. The van der Waals surface area contributed by atoms with Gasteiger partial charge in [-0.05, 0) is 69.7 Å². The van der Waals surface area contributed by atoms with Crippen molar-refractivity contribution in [3.05, 3.63) is 29.3 Å². The van der Waals surface area contributed by atoms with Crippen LogP contribution in [0.1, 0.15) is 64.0 Å². The number of carbonyl (C=O) groups is 1. The van der Waals surface area contributed by atoms with E-state index in [1.165, 1.54) is 11.3 Å². The number of rotatable bonds is 3. The van der Waals surface area contributed by atoms with E-state index >= 15 is 0 Å². The second-order valence-electron chi connectivity index (χ2n) is 8.57. The lowest BCUT2D eigenvalue weighted by molar-refractivity contribution is -0.149. The minimum atomic E-state index is -0.0590. The molecule has 0 radical (unpaired) electrons. The van der Waals surface area contributed by atoms with Crippen molar-refractivity contribution in [2.24, 2.45) is 5.92 Å². The van der Waals surface area contributed by atoms with Gasteiger partial charge in [-0.2, -0.15) is 0 Å². The van der Waals surface area contributed by atoms with Gasteiger partial charge in [0.2, 0.25) is 0 Å². The van der Waals surface area contributed by atoms with Gasteiger partial charge in [0.15, 0.2) is 0 Å². The van der Waals surface area contributed by atoms with Gasteiger partial charge in [0.25, 0.3) is 0 Å². The van der Waals surface area contributed by atoms with Gasteiger partial charge in [-0.25, -0.2) is 0 Å². The molecule has 27 heavy (non-hydrogen) atoms. The Balaban J connectivity index is 1.72. The van der Waals surface area contributed by atoms with Gasteiger partial charge < -0.3 is 14.5 Å². The van der Waals surface area contributed by atoms with E-state index < -0.39 is 0 Å². The summed E-state index contributed by atoms with van der Waals surface area (Å²) in [6.45, 7) is 10.9. The van der Waals surface area contributed by atoms with Crippen LogP contribution in [0.3, 0.4) is 0 Å². The van der Waals surface area contributed by atoms with Crippen molar-refractivity contribution in [3.8, 4) is 0 Å². The first-order valence-corrected chi connectivity index (χ1v) is 10.5. The summed E-state index contributed by atoms with van der Waals surface area (Å²) in [6, 6.07) is 6.66. The van der Waals surface area contributed by atoms with Crippen LogP contribution in [-0.4, -0.2) is 48.1 Å². The molecule has 5 heteroatoms. The normalized spacial score (nSPS) is 22.3. The highest BCUT2D eigenvalue weighted by molar-refractivity contribution is 7.80. The highest BCUT2D eigenvalue weighted by atomic mass is 32.1. The van der Waals surface area contributed by atoms with Crippen LogP contribution < -0.4 is 4.90 Å².